The molecule has 0 aliphatic heterocycles. The summed E-state index contributed by atoms with van der Waals surface area (Å²) in [5.41, 5.74) is 3.03. The van der Waals surface area contributed by atoms with Gasteiger partial charge in [0, 0.05) is 16.1 Å². The third-order valence-electron chi connectivity index (χ3n) is 5.11. The van der Waals surface area contributed by atoms with E-state index in [1.165, 1.54) is 0 Å². The van der Waals surface area contributed by atoms with Crippen molar-refractivity contribution in [2.45, 2.75) is 13.8 Å². The molecule has 1 amide bonds. The van der Waals surface area contributed by atoms with E-state index in [4.69, 9.17) is 23.2 Å². The molecular formula is C25H19Cl2N3O2. The Morgan fingerprint density at radius 3 is 2.38 bits per heavy atom. The number of anilines is 1. The summed E-state index contributed by atoms with van der Waals surface area (Å²) in [6.45, 7) is 3.71. The van der Waals surface area contributed by atoms with Gasteiger partial charge in [0.05, 0.1) is 10.6 Å². The van der Waals surface area contributed by atoms with Crippen molar-refractivity contribution in [2.75, 3.05) is 5.32 Å². The van der Waals surface area contributed by atoms with Crippen LogP contribution in [0.3, 0.4) is 0 Å². The maximum absolute atomic E-state index is 13.1. The van der Waals surface area contributed by atoms with Crippen molar-refractivity contribution < 1.29 is 9.90 Å². The van der Waals surface area contributed by atoms with Crippen LogP contribution in [0.5, 0.6) is 5.75 Å². The summed E-state index contributed by atoms with van der Waals surface area (Å²) in [5.74, 6) is -0.731. The van der Waals surface area contributed by atoms with E-state index < -0.39 is 5.91 Å². The highest BCUT2D eigenvalue weighted by Gasteiger charge is 2.19. The zero-order valence-electron chi connectivity index (χ0n) is 17.4. The fourth-order valence-corrected chi connectivity index (χ4v) is 3.88. The largest absolute Gasteiger partial charge is 0.505 e. The van der Waals surface area contributed by atoms with Crippen molar-refractivity contribution in [1.29, 1.82) is 0 Å². The number of amides is 1. The van der Waals surface area contributed by atoms with Crippen molar-refractivity contribution in [1.82, 2.24) is 0 Å². The first-order chi connectivity index (χ1) is 15.3. The van der Waals surface area contributed by atoms with E-state index in [0.29, 0.717) is 26.8 Å². The number of halogens is 2. The molecule has 0 bridgehead atoms. The van der Waals surface area contributed by atoms with E-state index in [1.807, 2.05) is 50.2 Å². The minimum Gasteiger partial charge on any atom is -0.505 e. The quantitative estimate of drug-likeness (QED) is 0.299. The fraction of sp³-hybridized carbons (Fsp3) is 0.0800. The molecule has 5 nitrogen and oxygen atoms in total. The topological polar surface area (TPSA) is 74.0 Å². The van der Waals surface area contributed by atoms with E-state index in [0.717, 1.165) is 16.5 Å². The van der Waals surface area contributed by atoms with Crippen LogP contribution in [0, 0.1) is 13.8 Å². The summed E-state index contributed by atoms with van der Waals surface area (Å²) in [4.78, 5) is 13.1. The molecule has 0 saturated heterocycles. The number of phenols is 1. The van der Waals surface area contributed by atoms with Gasteiger partial charge in [0.15, 0.2) is 5.75 Å². The number of carbonyl (C=O) groups is 1. The van der Waals surface area contributed by atoms with E-state index in [-0.39, 0.29) is 17.0 Å². The number of aromatic hydroxyl groups is 1. The summed E-state index contributed by atoms with van der Waals surface area (Å²) in [5, 5.41) is 24.8. The maximum Gasteiger partial charge on any atom is 0.259 e. The molecule has 0 heterocycles. The summed E-state index contributed by atoms with van der Waals surface area (Å²) in [6, 6.07) is 19.6. The number of phenolic OH excluding ortho intramolecular Hbond substituents is 1. The number of hydrogen-bond acceptors (Lipinski definition) is 4. The monoisotopic (exact) mass is 463 g/mol. The number of nitrogens with zero attached hydrogens (tertiary/aromatic N) is 2. The van der Waals surface area contributed by atoms with Crippen LogP contribution in [0.4, 0.5) is 17.1 Å². The zero-order valence-corrected chi connectivity index (χ0v) is 18.9. The van der Waals surface area contributed by atoms with Crippen LogP contribution in [-0.4, -0.2) is 11.0 Å². The fourth-order valence-electron chi connectivity index (χ4n) is 3.40. The van der Waals surface area contributed by atoms with Crippen molar-refractivity contribution in [3.63, 3.8) is 0 Å². The van der Waals surface area contributed by atoms with Crippen LogP contribution >= 0.6 is 23.2 Å². The Labute approximate surface area is 195 Å². The number of carbonyl (C=O) groups excluding carboxylic acids is 1. The maximum atomic E-state index is 13.1. The van der Waals surface area contributed by atoms with E-state index in [9.17, 15) is 9.90 Å². The van der Waals surface area contributed by atoms with Crippen LogP contribution in [-0.2, 0) is 0 Å². The summed E-state index contributed by atoms with van der Waals surface area (Å²) in [7, 11) is 0. The molecule has 0 radical (unpaired) electrons. The van der Waals surface area contributed by atoms with Crippen molar-refractivity contribution in [3.8, 4) is 5.75 Å². The van der Waals surface area contributed by atoms with Gasteiger partial charge >= 0.3 is 0 Å². The molecule has 0 saturated carbocycles. The first-order valence-corrected chi connectivity index (χ1v) is 10.6. The minimum atomic E-state index is -0.468. The first kappa shape index (κ1) is 21.8. The Bertz CT molecular complexity index is 1360. The van der Waals surface area contributed by atoms with Gasteiger partial charge in [-0.1, -0.05) is 59.6 Å². The predicted molar refractivity (Wildman–Crippen MR) is 130 cm³/mol. The molecule has 0 unspecified atom stereocenters. The van der Waals surface area contributed by atoms with Gasteiger partial charge in [-0.15, -0.1) is 10.2 Å². The van der Waals surface area contributed by atoms with E-state index >= 15 is 0 Å². The van der Waals surface area contributed by atoms with Crippen molar-refractivity contribution in [3.05, 3.63) is 93.5 Å². The Morgan fingerprint density at radius 2 is 1.62 bits per heavy atom. The van der Waals surface area contributed by atoms with Crippen LogP contribution in [0.2, 0.25) is 10.0 Å². The second-order valence-electron chi connectivity index (χ2n) is 7.36. The van der Waals surface area contributed by atoms with Crippen LogP contribution in [0.15, 0.2) is 77.0 Å². The van der Waals surface area contributed by atoms with Gasteiger partial charge in [-0.2, -0.15) is 0 Å². The standard InChI is InChI=1S/C25H19Cl2N3O2/c1-14-6-5-9-20(27)22(14)29-30-23-18-8-4-3-7-16(18)13-19(24(23)31)25(32)28-21-11-10-17(26)12-15(21)2/h3-13,31H,1-2H3,(H,28,32). The van der Waals surface area contributed by atoms with Crippen LogP contribution < -0.4 is 5.32 Å². The third-order valence-corrected chi connectivity index (χ3v) is 5.66. The summed E-state index contributed by atoms with van der Waals surface area (Å²) >= 11 is 12.3. The SMILES string of the molecule is Cc1cc(Cl)ccc1NC(=O)c1cc2ccccc2c(N=Nc2c(C)cccc2Cl)c1O. The molecule has 0 aliphatic rings. The molecule has 0 aliphatic carbocycles. The van der Waals surface area contributed by atoms with Crippen LogP contribution in [0.25, 0.3) is 10.8 Å². The summed E-state index contributed by atoms with van der Waals surface area (Å²) < 4.78 is 0. The number of aryl methyl sites for hydroxylation is 2. The van der Waals surface area contributed by atoms with Gasteiger partial charge in [-0.05, 0) is 60.7 Å². The lowest BCUT2D eigenvalue weighted by molar-refractivity contribution is 0.102. The zero-order chi connectivity index (χ0) is 22.8. The molecule has 0 fully saturated rings. The Morgan fingerprint density at radius 1 is 0.875 bits per heavy atom. The molecular weight excluding hydrogens is 445 g/mol. The van der Waals surface area contributed by atoms with Gasteiger partial charge in [0.25, 0.3) is 5.91 Å². The highest BCUT2D eigenvalue weighted by molar-refractivity contribution is 6.33. The number of rotatable bonds is 4. The molecule has 160 valence electrons. The molecule has 0 spiro atoms. The molecule has 32 heavy (non-hydrogen) atoms. The lowest BCUT2D eigenvalue weighted by Crippen LogP contribution is -2.13. The highest BCUT2D eigenvalue weighted by Crippen LogP contribution is 2.40. The first-order valence-electron chi connectivity index (χ1n) is 9.84. The molecule has 7 heteroatoms. The summed E-state index contributed by atoms with van der Waals surface area (Å²) in [6.07, 6.45) is 0. The molecule has 0 atom stereocenters. The lowest BCUT2D eigenvalue weighted by Gasteiger charge is -2.12. The molecule has 4 rings (SSSR count). The average molecular weight is 464 g/mol. The smallest absolute Gasteiger partial charge is 0.259 e. The lowest BCUT2D eigenvalue weighted by atomic mass is 10.0. The van der Waals surface area contributed by atoms with E-state index in [2.05, 4.69) is 15.5 Å². The third kappa shape index (κ3) is 4.31. The molecule has 4 aromatic rings. The van der Waals surface area contributed by atoms with Crippen molar-refractivity contribution in [2.24, 2.45) is 10.2 Å². The van der Waals surface area contributed by atoms with Gasteiger partial charge in [-0.3, -0.25) is 4.79 Å². The minimum absolute atomic E-state index is 0.0860. The Kier molecular flexibility index (Phi) is 6.12. The van der Waals surface area contributed by atoms with Crippen molar-refractivity contribution >= 4 is 56.9 Å². The van der Waals surface area contributed by atoms with Gasteiger partial charge < -0.3 is 10.4 Å². The van der Waals surface area contributed by atoms with Gasteiger partial charge in [-0.25, -0.2) is 0 Å². The second kappa shape index (κ2) is 8.99. The second-order valence-corrected chi connectivity index (χ2v) is 8.20. The number of nitrogens with one attached hydrogen (secondary N) is 1. The number of benzene rings is 4. The number of azo groups is 1. The van der Waals surface area contributed by atoms with Gasteiger partial charge in [0.2, 0.25) is 0 Å². The number of hydrogen-bond donors (Lipinski definition) is 2. The van der Waals surface area contributed by atoms with E-state index in [1.54, 1.807) is 30.3 Å². The highest BCUT2D eigenvalue weighted by atomic mass is 35.5. The molecule has 0 aromatic heterocycles. The Balaban J connectivity index is 1.80. The predicted octanol–water partition coefficient (Wildman–Crippen LogP) is 8.14. The van der Waals surface area contributed by atoms with Crippen LogP contribution in [0.1, 0.15) is 21.5 Å². The van der Waals surface area contributed by atoms with Gasteiger partial charge in [0.1, 0.15) is 11.4 Å². The Hall–Kier alpha value is -3.41. The number of fused-ring (bicyclic) bond motifs is 1. The average Bonchev–Trinajstić information content (AvgIpc) is 2.76. The molecule has 4 aromatic carbocycles. The molecule has 2 N–H and O–H groups in total. The normalized spacial score (nSPS) is 11.2.